The third-order valence-electron chi connectivity index (χ3n) is 4.39. The molecule has 2 aromatic carbocycles. The first kappa shape index (κ1) is 20.8. The van der Waals surface area contributed by atoms with Crippen molar-refractivity contribution in [3.05, 3.63) is 52.9 Å². The molecule has 8 heteroatoms. The number of thioether (sulfide) groups is 1. The number of benzene rings is 2. The van der Waals surface area contributed by atoms with Crippen molar-refractivity contribution in [3.8, 4) is 17.2 Å². The summed E-state index contributed by atoms with van der Waals surface area (Å²) in [5.74, 6) is 0.911. The second kappa shape index (κ2) is 9.02. The highest BCUT2D eigenvalue weighted by molar-refractivity contribution is 8.04. The van der Waals surface area contributed by atoms with Crippen molar-refractivity contribution in [2.75, 3.05) is 38.6 Å². The summed E-state index contributed by atoms with van der Waals surface area (Å²) in [5.41, 5.74) is 1.21. The first-order valence-electron chi connectivity index (χ1n) is 8.78. The van der Waals surface area contributed by atoms with Gasteiger partial charge >= 0.3 is 0 Å². The lowest BCUT2D eigenvalue weighted by molar-refractivity contribution is -0.119. The Morgan fingerprint density at radius 2 is 1.55 bits per heavy atom. The Kier molecular flexibility index (Phi) is 6.46. The van der Waals surface area contributed by atoms with E-state index in [2.05, 4.69) is 0 Å². The molecule has 0 fully saturated rings. The van der Waals surface area contributed by atoms with Crippen LogP contribution in [0.5, 0.6) is 17.2 Å². The molecular formula is C21H21NO6S. The van der Waals surface area contributed by atoms with Crippen LogP contribution in [0.1, 0.15) is 5.56 Å². The van der Waals surface area contributed by atoms with Gasteiger partial charge in [0.2, 0.25) is 0 Å². The number of carbonyl (C=O) groups is 2. The monoisotopic (exact) mass is 415 g/mol. The fraction of sp³-hybridized carbons (Fsp3) is 0.238. The Morgan fingerprint density at radius 1 is 0.897 bits per heavy atom. The summed E-state index contributed by atoms with van der Waals surface area (Å²) in [5, 5.41) is 9.22. The molecule has 0 radical (unpaired) electrons. The highest BCUT2D eigenvalue weighted by Gasteiger charge is 2.41. The lowest BCUT2D eigenvalue weighted by Gasteiger charge is -2.19. The third kappa shape index (κ3) is 3.94. The van der Waals surface area contributed by atoms with E-state index >= 15 is 0 Å². The molecule has 2 amide bonds. The van der Waals surface area contributed by atoms with Crippen LogP contribution in [0.25, 0.3) is 5.57 Å². The van der Waals surface area contributed by atoms with Crippen LogP contribution in [0.2, 0.25) is 0 Å². The maximum Gasteiger partial charge on any atom is 0.272 e. The quantitative estimate of drug-likeness (QED) is 0.664. The van der Waals surface area contributed by atoms with Crippen molar-refractivity contribution < 1.29 is 28.9 Å². The van der Waals surface area contributed by atoms with Gasteiger partial charge in [-0.15, -0.1) is 11.8 Å². The SMILES string of the molecule is COc1ccc(C2=C(SCCO)C(=O)N(c3ccc(OC)cc3OC)C2=O)cc1. The van der Waals surface area contributed by atoms with Crippen LogP contribution in [0.4, 0.5) is 5.69 Å². The van der Waals surface area contributed by atoms with Gasteiger partial charge in [-0.1, -0.05) is 12.1 Å². The number of imide groups is 1. The first-order valence-corrected chi connectivity index (χ1v) is 9.77. The smallest absolute Gasteiger partial charge is 0.272 e. The number of hydrogen-bond acceptors (Lipinski definition) is 7. The van der Waals surface area contributed by atoms with Gasteiger partial charge in [0.1, 0.15) is 17.2 Å². The van der Waals surface area contributed by atoms with Crippen molar-refractivity contribution in [3.63, 3.8) is 0 Å². The third-order valence-corrected chi connectivity index (χ3v) is 5.44. The molecule has 3 rings (SSSR count). The van der Waals surface area contributed by atoms with Crippen LogP contribution in [0.15, 0.2) is 47.4 Å². The number of anilines is 1. The second-order valence-corrected chi connectivity index (χ2v) is 7.09. The van der Waals surface area contributed by atoms with Gasteiger partial charge in [-0.25, -0.2) is 4.90 Å². The molecule has 2 aromatic rings. The average molecular weight is 415 g/mol. The van der Waals surface area contributed by atoms with E-state index in [9.17, 15) is 14.7 Å². The number of nitrogens with zero attached hydrogens (tertiary/aromatic N) is 1. The number of methoxy groups -OCH3 is 3. The Balaban J connectivity index is 2.08. The molecular weight excluding hydrogens is 394 g/mol. The summed E-state index contributed by atoms with van der Waals surface area (Å²) in [6.07, 6.45) is 0. The summed E-state index contributed by atoms with van der Waals surface area (Å²) >= 11 is 1.15. The van der Waals surface area contributed by atoms with Crippen molar-refractivity contribution in [2.45, 2.75) is 0 Å². The summed E-state index contributed by atoms with van der Waals surface area (Å²) in [7, 11) is 4.54. The number of aliphatic hydroxyl groups is 1. The van der Waals surface area contributed by atoms with Crippen molar-refractivity contribution in [2.24, 2.45) is 0 Å². The summed E-state index contributed by atoms with van der Waals surface area (Å²) < 4.78 is 15.7. The average Bonchev–Trinajstić information content (AvgIpc) is 3.01. The van der Waals surface area contributed by atoms with Gasteiger partial charge in [-0.3, -0.25) is 9.59 Å². The Morgan fingerprint density at radius 3 is 2.14 bits per heavy atom. The molecule has 0 saturated carbocycles. The van der Waals surface area contributed by atoms with Crippen LogP contribution in [0, 0.1) is 0 Å². The zero-order valence-electron chi connectivity index (χ0n) is 16.3. The topological polar surface area (TPSA) is 85.3 Å². The molecule has 0 aliphatic carbocycles. The van der Waals surface area contributed by atoms with Crippen LogP contribution in [-0.2, 0) is 9.59 Å². The first-order chi connectivity index (χ1) is 14.0. The molecule has 0 aromatic heterocycles. The molecule has 0 spiro atoms. The standard InChI is InChI=1S/C21H21NO6S/c1-26-14-6-4-13(5-7-14)18-19(29-11-10-23)21(25)22(20(18)24)16-9-8-15(27-2)12-17(16)28-3/h4-9,12,23H,10-11H2,1-3H3. The zero-order valence-corrected chi connectivity index (χ0v) is 17.1. The molecule has 0 bridgehead atoms. The highest BCUT2D eigenvalue weighted by Crippen LogP contribution is 2.42. The molecule has 152 valence electrons. The molecule has 0 saturated heterocycles. The fourth-order valence-corrected chi connectivity index (χ4v) is 3.85. The number of aliphatic hydroxyl groups excluding tert-OH is 1. The molecule has 1 aliphatic heterocycles. The second-order valence-electron chi connectivity index (χ2n) is 5.99. The summed E-state index contributed by atoms with van der Waals surface area (Å²) in [6.45, 7) is -0.114. The van der Waals surface area contributed by atoms with E-state index in [0.717, 1.165) is 16.7 Å². The van der Waals surface area contributed by atoms with E-state index in [1.54, 1.807) is 49.6 Å². The van der Waals surface area contributed by atoms with Crippen LogP contribution >= 0.6 is 11.8 Å². The van der Waals surface area contributed by atoms with Crippen LogP contribution in [0.3, 0.4) is 0 Å². The minimum absolute atomic E-state index is 0.114. The molecule has 0 atom stereocenters. The number of ether oxygens (including phenoxy) is 3. The van der Waals surface area contributed by atoms with E-state index in [1.807, 2.05) is 0 Å². The molecule has 1 heterocycles. The largest absolute Gasteiger partial charge is 0.497 e. The number of hydrogen-bond donors (Lipinski definition) is 1. The molecule has 1 N–H and O–H groups in total. The Bertz CT molecular complexity index is 954. The van der Waals surface area contributed by atoms with Gasteiger partial charge in [0.05, 0.1) is 44.1 Å². The van der Waals surface area contributed by atoms with E-state index in [-0.39, 0.29) is 17.1 Å². The zero-order chi connectivity index (χ0) is 21.0. The molecule has 7 nitrogen and oxygen atoms in total. The predicted octanol–water partition coefficient (Wildman–Crippen LogP) is 2.72. The van der Waals surface area contributed by atoms with Crippen molar-refractivity contribution >= 4 is 34.8 Å². The predicted molar refractivity (Wildman–Crippen MR) is 111 cm³/mol. The minimum Gasteiger partial charge on any atom is -0.497 e. The Hall–Kier alpha value is -2.97. The van der Waals surface area contributed by atoms with Crippen molar-refractivity contribution in [1.29, 1.82) is 0 Å². The van der Waals surface area contributed by atoms with Gasteiger partial charge < -0.3 is 19.3 Å². The number of carbonyl (C=O) groups excluding carboxylic acids is 2. The van der Waals surface area contributed by atoms with Gasteiger partial charge in [-0.05, 0) is 29.8 Å². The van der Waals surface area contributed by atoms with E-state index in [4.69, 9.17) is 14.2 Å². The lowest BCUT2D eigenvalue weighted by atomic mass is 10.1. The van der Waals surface area contributed by atoms with Crippen molar-refractivity contribution in [1.82, 2.24) is 0 Å². The number of amides is 2. The Labute approximate surface area is 172 Å². The van der Waals surface area contributed by atoms with E-state index < -0.39 is 11.8 Å². The summed E-state index contributed by atoms with van der Waals surface area (Å²) in [6, 6.07) is 11.8. The van der Waals surface area contributed by atoms with Crippen LogP contribution < -0.4 is 19.1 Å². The molecule has 0 unspecified atom stereocenters. The normalized spacial score (nSPS) is 13.9. The minimum atomic E-state index is -0.456. The fourth-order valence-electron chi connectivity index (χ4n) is 2.99. The highest BCUT2D eigenvalue weighted by atomic mass is 32.2. The van der Waals surface area contributed by atoms with E-state index in [1.165, 1.54) is 14.2 Å². The molecule has 29 heavy (non-hydrogen) atoms. The van der Waals surface area contributed by atoms with Gasteiger partial charge in [0, 0.05) is 11.8 Å². The molecule has 1 aliphatic rings. The van der Waals surface area contributed by atoms with Gasteiger partial charge in [0.15, 0.2) is 0 Å². The maximum atomic E-state index is 13.3. The summed E-state index contributed by atoms with van der Waals surface area (Å²) in [4.78, 5) is 27.9. The van der Waals surface area contributed by atoms with Crippen LogP contribution in [-0.4, -0.2) is 50.6 Å². The van der Waals surface area contributed by atoms with Gasteiger partial charge in [-0.2, -0.15) is 0 Å². The van der Waals surface area contributed by atoms with E-state index in [0.29, 0.717) is 34.3 Å². The lowest BCUT2D eigenvalue weighted by Crippen LogP contribution is -2.31. The number of rotatable bonds is 8. The maximum absolute atomic E-state index is 13.3. The van der Waals surface area contributed by atoms with Gasteiger partial charge in [0.25, 0.3) is 11.8 Å².